The lowest BCUT2D eigenvalue weighted by Crippen LogP contribution is -2.47. The number of rotatable bonds is 1. The van der Waals surface area contributed by atoms with Crippen LogP contribution in [0.1, 0.15) is 46.6 Å². The fourth-order valence-electron chi connectivity index (χ4n) is 3.41. The molecule has 1 aliphatic rings. The number of piperidine rings is 1. The highest BCUT2D eigenvalue weighted by Crippen LogP contribution is 2.29. The van der Waals surface area contributed by atoms with E-state index in [4.69, 9.17) is 4.74 Å². The molecule has 0 bridgehead atoms. The van der Waals surface area contributed by atoms with E-state index in [9.17, 15) is 9.59 Å². The lowest BCUT2D eigenvalue weighted by molar-refractivity contribution is 0.00791. The van der Waals surface area contributed by atoms with Gasteiger partial charge in [0.05, 0.1) is 11.0 Å². The number of ether oxygens (including phenoxy) is 1. The zero-order valence-electron chi connectivity index (χ0n) is 14.7. The van der Waals surface area contributed by atoms with Crippen LogP contribution < -0.4 is 5.69 Å². The van der Waals surface area contributed by atoms with Crippen molar-refractivity contribution in [1.29, 1.82) is 0 Å². The summed E-state index contributed by atoms with van der Waals surface area (Å²) in [6.07, 6.45) is 1.20. The number of likely N-dealkylation sites (tertiary alicyclic amines) is 1. The zero-order chi connectivity index (χ0) is 17.5. The summed E-state index contributed by atoms with van der Waals surface area (Å²) in [5.41, 5.74) is 1.19. The molecule has 2 aromatic rings. The van der Waals surface area contributed by atoms with Crippen LogP contribution in [0, 0.1) is 0 Å². The van der Waals surface area contributed by atoms with Crippen LogP contribution in [0.25, 0.3) is 11.0 Å². The first-order valence-electron chi connectivity index (χ1n) is 8.45. The Morgan fingerprint density at radius 2 is 2.00 bits per heavy atom. The summed E-state index contributed by atoms with van der Waals surface area (Å²) in [7, 11) is 0. The topological polar surface area (TPSA) is 67.3 Å². The second-order valence-electron chi connectivity index (χ2n) is 7.52. The first kappa shape index (κ1) is 16.6. The van der Waals surface area contributed by atoms with E-state index < -0.39 is 5.60 Å². The predicted molar refractivity (Wildman–Crippen MR) is 93.2 cm³/mol. The van der Waals surface area contributed by atoms with Gasteiger partial charge in [0, 0.05) is 18.6 Å². The van der Waals surface area contributed by atoms with E-state index in [1.165, 1.54) is 0 Å². The molecular formula is C18H25N3O3. The number of nitrogens with one attached hydrogen (secondary N) is 1. The van der Waals surface area contributed by atoms with E-state index in [-0.39, 0.29) is 23.9 Å². The third-order valence-electron chi connectivity index (χ3n) is 4.47. The molecule has 1 fully saturated rings. The van der Waals surface area contributed by atoms with Crippen molar-refractivity contribution in [2.24, 2.45) is 0 Å². The fourth-order valence-corrected chi connectivity index (χ4v) is 3.41. The van der Waals surface area contributed by atoms with Gasteiger partial charge < -0.3 is 14.6 Å². The molecule has 1 aliphatic heterocycles. The van der Waals surface area contributed by atoms with E-state index in [2.05, 4.69) is 4.98 Å². The smallest absolute Gasteiger partial charge is 0.410 e. The first-order valence-corrected chi connectivity index (χ1v) is 8.45. The van der Waals surface area contributed by atoms with Crippen LogP contribution in [0.4, 0.5) is 4.79 Å². The van der Waals surface area contributed by atoms with Crippen molar-refractivity contribution in [1.82, 2.24) is 14.5 Å². The molecule has 0 saturated carbocycles. The van der Waals surface area contributed by atoms with Gasteiger partial charge in [-0.3, -0.25) is 4.57 Å². The van der Waals surface area contributed by atoms with E-state index in [0.29, 0.717) is 6.54 Å². The van der Waals surface area contributed by atoms with E-state index in [0.717, 1.165) is 23.9 Å². The second-order valence-corrected chi connectivity index (χ2v) is 7.52. The Bertz CT molecular complexity index is 800. The second kappa shape index (κ2) is 6.00. The summed E-state index contributed by atoms with van der Waals surface area (Å²) >= 11 is 0. The number of imidazole rings is 1. The number of H-pyrrole nitrogens is 1. The highest BCUT2D eigenvalue weighted by atomic mass is 16.6. The Kier molecular flexibility index (Phi) is 4.15. The van der Waals surface area contributed by atoms with Gasteiger partial charge in [-0.25, -0.2) is 9.59 Å². The van der Waals surface area contributed by atoms with Gasteiger partial charge >= 0.3 is 11.8 Å². The summed E-state index contributed by atoms with van der Waals surface area (Å²) in [6.45, 7) is 8.21. The maximum atomic E-state index is 12.3. The highest BCUT2D eigenvalue weighted by molar-refractivity contribution is 5.75. The summed E-state index contributed by atoms with van der Waals surface area (Å²) in [5.74, 6) is 0. The van der Waals surface area contributed by atoms with Crippen molar-refractivity contribution in [2.75, 3.05) is 6.54 Å². The molecule has 130 valence electrons. The third-order valence-corrected chi connectivity index (χ3v) is 4.47. The summed E-state index contributed by atoms with van der Waals surface area (Å²) in [6, 6.07) is 7.83. The number of hydrogen-bond acceptors (Lipinski definition) is 3. The maximum absolute atomic E-state index is 12.3. The maximum Gasteiger partial charge on any atom is 0.410 e. The number of hydrogen-bond donors (Lipinski definition) is 1. The van der Waals surface area contributed by atoms with Crippen LogP contribution in [0.2, 0.25) is 0 Å². The van der Waals surface area contributed by atoms with Crippen molar-refractivity contribution in [3.05, 3.63) is 34.7 Å². The van der Waals surface area contributed by atoms with Crippen molar-refractivity contribution < 1.29 is 9.53 Å². The number of fused-ring (bicyclic) bond motifs is 1. The standard InChI is InChI=1S/C18H25N3O3/c1-12-11-13(9-10-20(12)17(23)24-18(2,3)4)21-15-8-6-5-7-14(15)19-16(21)22/h5-8,12-13H,9-11H2,1-4H3,(H,19,22). The van der Waals surface area contributed by atoms with Gasteiger partial charge in [-0.05, 0) is 52.7 Å². The van der Waals surface area contributed by atoms with Crippen LogP contribution in [-0.4, -0.2) is 38.7 Å². The van der Waals surface area contributed by atoms with E-state index >= 15 is 0 Å². The Labute approximate surface area is 141 Å². The molecule has 2 heterocycles. The Hall–Kier alpha value is -2.24. The Balaban J connectivity index is 1.79. The number of amides is 1. The summed E-state index contributed by atoms with van der Waals surface area (Å²) in [4.78, 5) is 29.3. The van der Waals surface area contributed by atoms with Gasteiger partial charge in [-0.2, -0.15) is 0 Å². The first-order chi connectivity index (χ1) is 11.3. The molecule has 24 heavy (non-hydrogen) atoms. The molecule has 1 saturated heterocycles. The third kappa shape index (κ3) is 3.18. The number of aromatic amines is 1. The van der Waals surface area contributed by atoms with Gasteiger partial charge in [0.15, 0.2) is 0 Å². The van der Waals surface area contributed by atoms with Crippen molar-refractivity contribution in [3.8, 4) is 0 Å². The van der Waals surface area contributed by atoms with Gasteiger partial charge in [0.1, 0.15) is 5.60 Å². The molecule has 1 aromatic heterocycles. The van der Waals surface area contributed by atoms with Crippen LogP contribution in [-0.2, 0) is 4.74 Å². The quantitative estimate of drug-likeness (QED) is 0.872. The van der Waals surface area contributed by atoms with Gasteiger partial charge in [0.25, 0.3) is 0 Å². The normalized spacial score (nSPS) is 21.9. The molecule has 0 spiro atoms. The number of nitrogens with zero attached hydrogens (tertiary/aromatic N) is 2. The van der Waals surface area contributed by atoms with Gasteiger partial charge in [0.2, 0.25) is 0 Å². The SMILES string of the molecule is CC1CC(n2c(=O)[nH]c3ccccc32)CCN1C(=O)OC(C)(C)C. The zero-order valence-corrected chi connectivity index (χ0v) is 14.7. The van der Waals surface area contributed by atoms with Gasteiger partial charge in [-0.1, -0.05) is 12.1 Å². The minimum absolute atomic E-state index is 0.0270. The average Bonchev–Trinajstić information content (AvgIpc) is 2.80. The Morgan fingerprint density at radius 1 is 1.29 bits per heavy atom. The minimum atomic E-state index is -0.499. The molecule has 0 radical (unpaired) electrons. The number of benzene rings is 1. The highest BCUT2D eigenvalue weighted by Gasteiger charge is 2.33. The minimum Gasteiger partial charge on any atom is -0.444 e. The number of carbonyl (C=O) groups is 1. The number of para-hydroxylation sites is 2. The van der Waals surface area contributed by atoms with Gasteiger partial charge in [-0.15, -0.1) is 0 Å². The molecule has 1 N–H and O–H groups in total. The van der Waals surface area contributed by atoms with E-state index in [1.54, 1.807) is 4.90 Å². The summed E-state index contributed by atoms with van der Waals surface area (Å²) in [5, 5.41) is 0. The average molecular weight is 331 g/mol. The number of carbonyl (C=O) groups excluding carboxylic acids is 1. The molecule has 2 atom stereocenters. The van der Waals surface area contributed by atoms with Crippen molar-refractivity contribution in [3.63, 3.8) is 0 Å². The molecule has 6 nitrogen and oxygen atoms in total. The van der Waals surface area contributed by atoms with Crippen LogP contribution in [0.15, 0.2) is 29.1 Å². The Morgan fingerprint density at radius 3 is 2.67 bits per heavy atom. The molecule has 6 heteroatoms. The molecule has 0 aliphatic carbocycles. The summed E-state index contributed by atoms with van der Waals surface area (Å²) < 4.78 is 7.31. The monoisotopic (exact) mass is 331 g/mol. The van der Waals surface area contributed by atoms with Crippen molar-refractivity contribution in [2.45, 2.75) is 58.2 Å². The van der Waals surface area contributed by atoms with Crippen LogP contribution >= 0.6 is 0 Å². The number of aromatic nitrogens is 2. The predicted octanol–water partition coefficient (Wildman–Crippen LogP) is 3.29. The molecule has 3 rings (SSSR count). The lowest BCUT2D eigenvalue weighted by Gasteiger charge is -2.38. The molecular weight excluding hydrogens is 306 g/mol. The van der Waals surface area contributed by atoms with Crippen LogP contribution in [0.3, 0.4) is 0 Å². The van der Waals surface area contributed by atoms with Crippen molar-refractivity contribution >= 4 is 17.1 Å². The van der Waals surface area contributed by atoms with E-state index in [1.807, 2.05) is 56.5 Å². The molecule has 1 aromatic carbocycles. The van der Waals surface area contributed by atoms with Crippen LogP contribution in [0.5, 0.6) is 0 Å². The molecule has 1 amide bonds. The largest absolute Gasteiger partial charge is 0.444 e. The fraction of sp³-hybridized carbons (Fsp3) is 0.556. The molecule has 2 unspecified atom stereocenters. The lowest BCUT2D eigenvalue weighted by atomic mass is 9.98.